The number of aromatic nitrogens is 2. The van der Waals surface area contributed by atoms with Gasteiger partial charge in [0.1, 0.15) is 17.2 Å². The number of nitrogens with zero attached hydrogens (tertiary/aromatic N) is 5. The van der Waals surface area contributed by atoms with Gasteiger partial charge in [-0.15, -0.1) is 0 Å². The number of aryl methyl sites for hydroxylation is 2. The van der Waals surface area contributed by atoms with E-state index in [9.17, 15) is 14.4 Å². The Labute approximate surface area is 181 Å². The van der Waals surface area contributed by atoms with E-state index in [1.807, 2.05) is 13.1 Å². The largest absolute Gasteiger partial charge is 0.353 e. The zero-order valence-corrected chi connectivity index (χ0v) is 18.2. The molecule has 0 aromatic carbocycles. The fourth-order valence-electron chi connectivity index (χ4n) is 4.04. The van der Waals surface area contributed by atoms with E-state index in [2.05, 4.69) is 33.2 Å². The normalized spacial score (nSPS) is 18.4. The first-order valence-electron chi connectivity index (χ1n) is 10.3. The molecule has 2 aromatic rings. The Morgan fingerprint density at radius 1 is 1.03 bits per heavy atom. The van der Waals surface area contributed by atoms with E-state index in [1.54, 1.807) is 30.9 Å². The molecule has 0 unspecified atom stereocenters. The number of carbonyl (C=O) groups excluding carboxylic acids is 3. The van der Waals surface area contributed by atoms with E-state index in [-0.39, 0.29) is 11.8 Å². The van der Waals surface area contributed by atoms with Crippen molar-refractivity contribution in [3.8, 4) is 0 Å². The number of anilines is 2. The maximum Gasteiger partial charge on any atom is 0.330 e. The van der Waals surface area contributed by atoms with Crippen LogP contribution in [0, 0.1) is 13.8 Å². The van der Waals surface area contributed by atoms with Gasteiger partial charge in [0.2, 0.25) is 0 Å². The Hall–Kier alpha value is -3.49. The van der Waals surface area contributed by atoms with Crippen molar-refractivity contribution in [2.75, 3.05) is 36.0 Å². The maximum absolute atomic E-state index is 12.9. The summed E-state index contributed by atoms with van der Waals surface area (Å²) >= 11 is 0. The van der Waals surface area contributed by atoms with Gasteiger partial charge in [-0.3, -0.25) is 19.8 Å². The second-order valence-corrected chi connectivity index (χ2v) is 8.49. The van der Waals surface area contributed by atoms with Crippen LogP contribution in [0.15, 0.2) is 30.6 Å². The first-order valence-corrected chi connectivity index (χ1v) is 10.3. The number of amides is 4. The molecule has 4 rings (SSSR count). The zero-order chi connectivity index (χ0) is 22.3. The molecule has 2 aromatic heterocycles. The molecule has 2 aliphatic rings. The second kappa shape index (κ2) is 7.64. The molecule has 1 N–H and O–H groups in total. The van der Waals surface area contributed by atoms with Gasteiger partial charge in [0.25, 0.3) is 11.8 Å². The second-order valence-electron chi connectivity index (χ2n) is 8.49. The average molecular weight is 422 g/mol. The van der Waals surface area contributed by atoms with Crippen LogP contribution in [0.4, 0.5) is 16.4 Å². The van der Waals surface area contributed by atoms with Crippen molar-refractivity contribution in [2.45, 2.75) is 33.2 Å². The molecule has 9 nitrogen and oxygen atoms in total. The quantitative estimate of drug-likeness (QED) is 0.759. The number of carbonyl (C=O) groups is 3. The van der Waals surface area contributed by atoms with Gasteiger partial charge in [-0.1, -0.05) is 6.07 Å². The zero-order valence-electron chi connectivity index (χ0n) is 18.2. The van der Waals surface area contributed by atoms with Crippen LogP contribution in [-0.4, -0.2) is 64.4 Å². The van der Waals surface area contributed by atoms with Crippen molar-refractivity contribution in [2.24, 2.45) is 0 Å². The number of urea groups is 1. The lowest BCUT2D eigenvalue weighted by Crippen LogP contribution is -2.49. The lowest BCUT2D eigenvalue weighted by Gasteiger charge is -2.36. The van der Waals surface area contributed by atoms with Gasteiger partial charge >= 0.3 is 6.03 Å². The Morgan fingerprint density at radius 3 is 2.29 bits per heavy atom. The van der Waals surface area contributed by atoms with Crippen molar-refractivity contribution in [1.82, 2.24) is 20.2 Å². The lowest BCUT2D eigenvalue weighted by atomic mass is 10.0. The summed E-state index contributed by atoms with van der Waals surface area (Å²) in [7, 11) is 0. The van der Waals surface area contributed by atoms with Gasteiger partial charge in [0, 0.05) is 38.6 Å². The number of hydrogen-bond donors (Lipinski definition) is 1. The predicted molar refractivity (Wildman–Crippen MR) is 116 cm³/mol. The number of piperazine rings is 1. The maximum atomic E-state index is 12.9. The Bertz CT molecular complexity index is 1040. The van der Waals surface area contributed by atoms with Gasteiger partial charge in [-0.05, 0) is 51.0 Å². The van der Waals surface area contributed by atoms with E-state index in [4.69, 9.17) is 0 Å². The molecule has 0 saturated carbocycles. The minimum atomic E-state index is -1.03. The van der Waals surface area contributed by atoms with Crippen LogP contribution in [-0.2, 0) is 4.79 Å². The molecule has 0 bridgehead atoms. The van der Waals surface area contributed by atoms with Crippen LogP contribution in [0.5, 0.6) is 0 Å². The van der Waals surface area contributed by atoms with Crippen molar-refractivity contribution in [3.05, 3.63) is 47.3 Å². The van der Waals surface area contributed by atoms with Crippen molar-refractivity contribution < 1.29 is 14.4 Å². The minimum Gasteiger partial charge on any atom is -0.353 e. The average Bonchev–Trinajstić information content (AvgIpc) is 2.94. The predicted octanol–water partition coefficient (Wildman–Crippen LogP) is 1.89. The van der Waals surface area contributed by atoms with Gasteiger partial charge in [0.15, 0.2) is 0 Å². The van der Waals surface area contributed by atoms with Gasteiger partial charge in [0.05, 0.1) is 5.56 Å². The van der Waals surface area contributed by atoms with Crippen molar-refractivity contribution in [3.63, 3.8) is 0 Å². The van der Waals surface area contributed by atoms with Crippen LogP contribution in [0.2, 0.25) is 0 Å². The number of hydrogen-bond acceptors (Lipinski definition) is 6. The lowest BCUT2D eigenvalue weighted by molar-refractivity contribution is -0.122. The van der Waals surface area contributed by atoms with Crippen LogP contribution < -0.4 is 15.1 Å². The third kappa shape index (κ3) is 3.71. The Morgan fingerprint density at radius 2 is 1.74 bits per heavy atom. The van der Waals surface area contributed by atoms with E-state index < -0.39 is 11.6 Å². The molecule has 0 spiro atoms. The van der Waals surface area contributed by atoms with Crippen LogP contribution in [0.1, 0.15) is 35.3 Å². The summed E-state index contributed by atoms with van der Waals surface area (Å²) in [6.07, 6.45) is 3.32. The molecule has 9 heteroatoms. The van der Waals surface area contributed by atoms with Gasteiger partial charge < -0.3 is 9.80 Å². The van der Waals surface area contributed by atoms with E-state index in [1.165, 1.54) is 11.1 Å². The molecule has 0 atom stereocenters. The summed E-state index contributed by atoms with van der Waals surface area (Å²) < 4.78 is 0. The first kappa shape index (κ1) is 20.8. The number of pyridine rings is 2. The highest BCUT2D eigenvalue weighted by atomic mass is 16.2. The molecule has 4 heterocycles. The van der Waals surface area contributed by atoms with E-state index in [0.717, 1.165) is 16.9 Å². The van der Waals surface area contributed by atoms with Gasteiger partial charge in [-0.2, -0.15) is 0 Å². The summed E-state index contributed by atoms with van der Waals surface area (Å²) in [5.41, 5.74) is 1.68. The Balaban J connectivity index is 1.43. The molecule has 162 valence electrons. The van der Waals surface area contributed by atoms with Gasteiger partial charge in [-0.25, -0.2) is 14.8 Å². The number of imide groups is 1. The SMILES string of the molecule is Cc1cnc(N2CCN(C(=O)c3ccc(N4C(=O)NC(=O)C4(C)C)nc3)CC2)c(C)c1. The Kier molecular flexibility index (Phi) is 5.12. The molecule has 2 saturated heterocycles. The molecular weight excluding hydrogens is 396 g/mol. The molecule has 2 aliphatic heterocycles. The minimum absolute atomic E-state index is 0.103. The standard InChI is InChI=1S/C22H26N6O3/c1-14-11-15(2)18(24-12-14)26-7-9-27(10-8-26)19(29)16-5-6-17(23-13-16)28-21(31)25-20(30)22(28,3)4/h5-6,11-13H,7-10H2,1-4H3,(H,25,30,31). The molecule has 2 fully saturated rings. The smallest absolute Gasteiger partial charge is 0.330 e. The third-order valence-electron chi connectivity index (χ3n) is 5.82. The monoisotopic (exact) mass is 422 g/mol. The highest BCUT2D eigenvalue weighted by Crippen LogP contribution is 2.27. The molecule has 0 radical (unpaired) electrons. The number of nitrogens with one attached hydrogen (secondary N) is 1. The highest BCUT2D eigenvalue weighted by molar-refractivity contribution is 6.16. The van der Waals surface area contributed by atoms with Crippen LogP contribution in [0.25, 0.3) is 0 Å². The fraction of sp³-hybridized carbons (Fsp3) is 0.409. The molecule has 0 aliphatic carbocycles. The molecule has 31 heavy (non-hydrogen) atoms. The van der Waals surface area contributed by atoms with Crippen LogP contribution in [0.3, 0.4) is 0 Å². The first-order chi connectivity index (χ1) is 14.7. The highest BCUT2D eigenvalue weighted by Gasteiger charge is 2.47. The number of rotatable bonds is 3. The molecule has 4 amide bonds. The summed E-state index contributed by atoms with van der Waals surface area (Å²) in [4.78, 5) is 51.2. The molecular formula is C22H26N6O3. The summed E-state index contributed by atoms with van der Waals surface area (Å²) in [6.45, 7) is 9.97. The van der Waals surface area contributed by atoms with E-state index in [0.29, 0.717) is 37.6 Å². The van der Waals surface area contributed by atoms with E-state index >= 15 is 0 Å². The van der Waals surface area contributed by atoms with Crippen molar-refractivity contribution in [1.29, 1.82) is 0 Å². The topological polar surface area (TPSA) is 98.7 Å². The fourth-order valence-corrected chi connectivity index (χ4v) is 4.04. The summed E-state index contributed by atoms with van der Waals surface area (Å²) in [5, 5.41) is 2.29. The third-order valence-corrected chi connectivity index (χ3v) is 5.82. The summed E-state index contributed by atoms with van der Waals surface area (Å²) in [6, 6.07) is 4.85. The van der Waals surface area contributed by atoms with Crippen molar-refractivity contribution >= 4 is 29.5 Å². The summed E-state index contributed by atoms with van der Waals surface area (Å²) in [5.74, 6) is 0.810. The van der Waals surface area contributed by atoms with Crippen LogP contribution >= 0.6 is 0 Å².